The van der Waals surface area contributed by atoms with Gasteiger partial charge in [0.05, 0.1) is 22.9 Å². The molecule has 0 N–H and O–H groups in total. The fraction of sp³-hybridized carbons (Fsp3) is 0.615. The number of hydrogen-bond acceptors (Lipinski definition) is 5. The van der Waals surface area contributed by atoms with Gasteiger partial charge in [-0.05, 0) is 63.7 Å². The van der Waals surface area contributed by atoms with Crippen molar-refractivity contribution in [3.63, 3.8) is 0 Å². The van der Waals surface area contributed by atoms with Crippen molar-refractivity contribution in [3.05, 3.63) is 29.3 Å². The van der Waals surface area contributed by atoms with Gasteiger partial charge in [-0.15, -0.1) is 0 Å². The Morgan fingerprint density at radius 3 is 2.18 bits per heavy atom. The highest BCUT2D eigenvalue weighted by Crippen LogP contribution is 2.38. The summed E-state index contributed by atoms with van der Waals surface area (Å²) >= 11 is 9.42. The molecule has 2 heterocycles. The van der Waals surface area contributed by atoms with E-state index < -0.39 is 22.8 Å². The van der Waals surface area contributed by atoms with Gasteiger partial charge in [-0.3, -0.25) is 19.4 Å². The van der Waals surface area contributed by atoms with E-state index in [4.69, 9.17) is 17.5 Å². The quantitative estimate of drug-likeness (QED) is 0.234. The van der Waals surface area contributed by atoms with Crippen molar-refractivity contribution >= 4 is 46.8 Å². The van der Waals surface area contributed by atoms with Gasteiger partial charge in [0.2, 0.25) is 0 Å². The van der Waals surface area contributed by atoms with Crippen LogP contribution in [0.1, 0.15) is 63.5 Å². The number of carbonyl (C=O) groups is 2. The SMILES string of the molecule is CC1(C)C(=O)N(c2ccc(C#N)c(C(F)(F)F)c2)C(=S)N1CCCCCCCCN1CCN(C(=O)S)CC1. The maximum Gasteiger partial charge on any atom is 0.417 e. The fourth-order valence-corrected chi connectivity index (χ4v) is 5.62. The van der Waals surface area contributed by atoms with Crippen LogP contribution < -0.4 is 4.90 Å². The van der Waals surface area contributed by atoms with E-state index in [2.05, 4.69) is 17.5 Å². The number of rotatable bonds is 10. The van der Waals surface area contributed by atoms with E-state index in [0.29, 0.717) is 6.54 Å². The molecule has 0 saturated carbocycles. The first-order valence-electron chi connectivity index (χ1n) is 12.9. The largest absolute Gasteiger partial charge is 0.417 e. The lowest BCUT2D eigenvalue weighted by atomic mass is 10.0. The van der Waals surface area contributed by atoms with Gasteiger partial charge in [0.1, 0.15) is 5.54 Å². The van der Waals surface area contributed by atoms with Crippen LogP contribution in [0.2, 0.25) is 0 Å². The van der Waals surface area contributed by atoms with E-state index in [0.717, 1.165) is 88.3 Å². The molecule has 0 aliphatic carbocycles. The number of nitriles is 1. The number of thiol groups is 1. The highest BCUT2D eigenvalue weighted by atomic mass is 32.1. The van der Waals surface area contributed by atoms with Crippen molar-refractivity contribution in [1.82, 2.24) is 14.7 Å². The summed E-state index contributed by atoms with van der Waals surface area (Å²) in [6.07, 6.45) is 1.41. The van der Waals surface area contributed by atoms with E-state index in [1.54, 1.807) is 29.7 Å². The number of nitrogens with zero attached hydrogens (tertiary/aromatic N) is 5. The number of benzene rings is 1. The molecule has 3 rings (SSSR count). The Bertz CT molecular complexity index is 1080. The van der Waals surface area contributed by atoms with Crippen LogP contribution in [0.4, 0.5) is 23.7 Å². The van der Waals surface area contributed by atoms with Crippen molar-refractivity contribution in [3.8, 4) is 6.07 Å². The Balaban J connectivity index is 1.45. The van der Waals surface area contributed by atoms with Gasteiger partial charge in [-0.25, -0.2) is 0 Å². The number of piperazine rings is 1. The maximum absolute atomic E-state index is 13.5. The number of amides is 2. The zero-order valence-corrected chi connectivity index (χ0v) is 23.5. The fourth-order valence-electron chi connectivity index (χ4n) is 4.92. The molecule has 0 spiro atoms. The Hall–Kier alpha value is -2.36. The van der Waals surface area contributed by atoms with Gasteiger partial charge in [0, 0.05) is 32.7 Å². The number of unbranched alkanes of at least 4 members (excludes halogenated alkanes) is 5. The lowest BCUT2D eigenvalue weighted by molar-refractivity contribution is -0.137. The van der Waals surface area contributed by atoms with Crippen molar-refractivity contribution in [2.45, 2.75) is 64.1 Å². The molecule has 0 radical (unpaired) electrons. The minimum absolute atomic E-state index is 0.0144. The molecule has 0 atom stereocenters. The van der Waals surface area contributed by atoms with Crippen molar-refractivity contribution in [2.24, 2.45) is 0 Å². The summed E-state index contributed by atoms with van der Waals surface area (Å²) < 4.78 is 40.4. The van der Waals surface area contributed by atoms with Crippen molar-refractivity contribution in [2.75, 3.05) is 44.2 Å². The molecule has 2 amide bonds. The zero-order valence-electron chi connectivity index (χ0n) is 21.8. The third-order valence-electron chi connectivity index (χ3n) is 7.26. The second-order valence-corrected chi connectivity index (χ2v) is 11.0. The molecule has 0 aromatic heterocycles. The summed E-state index contributed by atoms with van der Waals surface area (Å²) in [4.78, 5) is 31.5. The van der Waals surface area contributed by atoms with E-state index in [1.807, 2.05) is 0 Å². The van der Waals surface area contributed by atoms with Crippen LogP contribution in [-0.4, -0.2) is 75.8 Å². The summed E-state index contributed by atoms with van der Waals surface area (Å²) in [5.41, 5.74) is -2.55. The summed E-state index contributed by atoms with van der Waals surface area (Å²) in [7, 11) is 0. The van der Waals surface area contributed by atoms with Gasteiger partial charge >= 0.3 is 6.18 Å². The molecule has 0 unspecified atom stereocenters. The second-order valence-electron chi connectivity index (χ2n) is 10.2. The average Bonchev–Trinajstić information content (AvgIpc) is 3.03. The number of thiocarbonyl (C=S) groups is 1. The maximum atomic E-state index is 13.5. The topological polar surface area (TPSA) is 70.9 Å². The van der Waals surface area contributed by atoms with Crippen LogP contribution in [0.5, 0.6) is 0 Å². The predicted octanol–water partition coefficient (Wildman–Crippen LogP) is 5.30. The molecule has 38 heavy (non-hydrogen) atoms. The number of halogens is 3. The molecule has 2 aliphatic heterocycles. The molecule has 1 aromatic rings. The first-order valence-corrected chi connectivity index (χ1v) is 13.7. The highest BCUT2D eigenvalue weighted by molar-refractivity contribution is 7.96. The number of hydrogen-bond donors (Lipinski definition) is 1. The molecule has 2 saturated heterocycles. The minimum Gasteiger partial charge on any atom is -0.334 e. The molecule has 208 valence electrons. The molecule has 2 fully saturated rings. The summed E-state index contributed by atoms with van der Waals surface area (Å²) in [5.74, 6) is -0.389. The van der Waals surface area contributed by atoms with E-state index >= 15 is 0 Å². The van der Waals surface area contributed by atoms with Crippen LogP contribution in [-0.2, 0) is 11.0 Å². The molecule has 1 aromatic carbocycles. The Kier molecular flexibility index (Phi) is 10.1. The van der Waals surface area contributed by atoms with Crippen LogP contribution in [0.3, 0.4) is 0 Å². The van der Waals surface area contributed by atoms with Gasteiger partial charge in [0.15, 0.2) is 5.11 Å². The first-order chi connectivity index (χ1) is 17.9. The van der Waals surface area contributed by atoms with E-state index in [1.165, 1.54) is 6.07 Å². The average molecular weight is 570 g/mol. The van der Waals surface area contributed by atoms with Gasteiger partial charge in [0.25, 0.3) is 11.1 Å². The Morgan fingerprint density at radius 1 is 1.05 bits per heavy atom. The molecular weight excluding hydrogens is 535 g/mol. The normalized spacial score (nSPS) is 18.3. The highest BCUT2D eigenvalue weighted by Gasteiger charge is 2.49. The lowest BCUT2D eigenvalue weighted by Crippen LogP contribution is -2.47. The smallest absolute Gasteiger partial charge is 0.334 e. The van der Waals surface area contributed by atoms with Crippen LogP contribution in [0.15, 0.2) is 18.2 Å². The number of alkyl halides is 3. The van der Waals surface area contributed by atoms with Crippen LogP contribution in [0.25, 0.3) is 0 Å². The molecule has 0 bridgehead atoms. The molecule has 12 heteroatoms. The predicted molar refractivity (Wildman–Crippen MR) is 147 cm³/mol. The third-order valence-corrected chi connectivity index (χ3v) is 7.95. The second kappa shape index (κ2) is 12.7. The standard InChI is InChI=1S/C26H34F3N5O2S2/c1-25(2)22(35)34(20-10-9-19(18-30)21(17-20)26(27,28)29)23(37)33(25)12-8-6-4-3-5-7-11-31-13-15-32(16-14-31)24(36)38/h9-10,17H,3-8,11-16H2,1-2H3,(H,36,38). The van der Waals surface area contributed by atoms with E-state index in [-0.39, 0.29) is 21.9 Å². The van der Waals surface area contributed by atoms with Crippen LogP contribution >= 0.6 is 24.8 Å². The minimum atomic E-state index is -4.72. The Morgan fingerprint density at radius 2 is 1.63 bits per heavy atom. The van der Waals surface area contributed by atoms with Crippen molar-refractivity contribution in [1.29, 1.82) is 5.26 Å². The number of anilines is 1. The molecular formula is C26H34F3N5O2S2. The van der Waals surface area contributed by atoms with Gasteiger partial charge < -0.3 is 9.80 Å². The summed E-state index contributed by atoms with van der Waals surface area (Å²) in [6.45, 7) is 8.22. The van der Waals surface area contributed by atoms with Gasteiger partial charge in [-0.1, -0.05) is 38.3 Å². The molecule has 2 aliphatic rings. The van der Waals surface area contributed by atoms with Crippen molar-refractivity contribution < 1.29 is 22.8 Å². The summed E-state index contributed by atoms with van der Waals surface area (Å²) in [5, 5.41) is 9.08. The van der Waals surface area contributed by atoms with Gasteiger partial charge in [-0.2, -0.15) is 18.4 Å². The number of carbonyl (C=O) groups excluding carboxylic acids is 2. The monoisotopic (exact) mass is 569 g/mol. The zero-order chi connectivity index (χ0) is 28.1. The summed E-state index contributed by atoms with van der Waals surface area (Å²) in [6, 6.07) is 4.79. The lowest BCUT2D eigenvalue weighted by Gasteiger charge is -2.33. The third kappa shape index (κ3) is 6.98. The van der Waals surface area contributed by atoms with Crippen LogP contribution in [0, 0.1) is 11.3 Å². The molecule has 7 nitrogen and oxygen atoms in total. The Labute approximate surface area is 232 Å². The van der Waals surface area contributed by atoms with E-state index in [9.17, 15) is 22.8 Å². The first kappa shape index (κ1) is 30.2.